The summed E-state index contributed by atoms with van der Waals surface area (Å²) in [5, 5.41) is 19.8. The van der Waals surface area contributed by atoms with Crippen molar-refractivity contribution >= 4 is 17.3 Å². The molecule has 2 rings (SSSR count). The Morgan fingerprint density at radius 2 is 1.28 bits per heavy atom. The molecule has 0 aliphatic heterocycles. The molecule has 5 nitrogen and oxygen atoms in total. The Bertz CT molecular complexity index is 613. The van der Waals surface area contributed by atoms with Crippen LogP contribution in [0.3, 0.4) is 0 Å². The zero-order valence-electron chi connectivity index (χ0n) is 10.2. The van der Waals surface area contributed by atoms with Crippen molar-refractivity contribution < 1.29 is 24.6 Å². The van der Waals surface area contributed by atoms with Crippen LogP contribution in [0.15, 0.2) is 0 Å². The summed E-state index contributed by atoms with van der Waals surface area (Å²) in [6.07, 6.45) is 0. The fraction of sp³-hybridized carbons (Fsp3) is 0.308. The third-order valence-corrected chi connectivity index (χ3v) is 3.48. The van der Waals surface area contributed by atoms with E-state index in [4.69, 9.17) is 0 Å². The fourth-order valence-electron chi connectivity index (χ4n) is 2.08. The lowest BCUT2D eigenvalue weighted by Gasteiger charge is -2.22. The van der Waals surface area contributed by atoms with Gasteiger partial charge in [-0.15, -0.1) is 0 Å². The number of carbonyl (C=O) groups excluding carboxylic acids is 3. The van der Waals surface area contributed by atoms with Gasteiger partial charge in [0.1, 0.15) is 11.5 Å². The number of rotatable bonds is 0. The van der Waals surface area contributed by atoms with E-state index in [1.807, 2.05) is 0 Å². The van der Waals surface area contributed by atoms with Crippen LogP contribution >= 0.6 is 0 Å². The van der Waals surface area contributed by atoms with Gasteiger partial charge in [-0.05, 0) is 31.9 Å². The van der Waals surface area contributed by atoms with E-state index < -0.39 is 29.0 Å². The number of aromatic hydroxyl groups is 2. The lowest BCUT2D eigenvalue weighted by molar-refractivity contribution is -0.117. The second kappa shape index (κ2) is 3.66. The molecule has 0 saturated carbocycles. The summed E-state index contributed by atoms with van der Waals surface area (Å²) in [5.74, 6) is -4.27. The quantitative estimate of drug-likeness (QED) is 0.410. The molecule has 1 aromatic rings. The summed E-state index contributed by atoms with van der Waals surface area (Å²) in [7, 11) is 0. The SMILES string of the molecule is Cc1c(C)c(O)c2c(c1O)C(=O)C(=O)C(C)C2=O. The van der Waals surface area contributed by atoms with Crippen molar-refractivity contribution in [3.63, 3.8) is 0 Å². The molecule has 5 heteroatoms. The largest absolute Gasteiger partial charge is 0.507 e. The van der Waals surface area contributed by atoms with Crippen LogP contribution < -0.4 is 0 Å². The second-order valence-electron chi connectivity index (χ2n) is 4.48. The standard InChI is InChI=1S/C13H12O5/c1-4-5(2)10(15)8-7(9(4)14)11(16)6(3)12(17)13(8)18/h6,14-15H,1-3H3. The minimum absolute atomic E-state index is 0.243. The number of hydrogen-bond donors (Lipinski definition) is 2. The topological polar surface area (TPSA) is 91.7 Å². The van der Waals surface area contributed by atoms with Crippen molar-refractivity contribution in [1.82, 2.24) is 0 Å². The minimum atomic E-state index is -1.11. The van der Waals surface area contributed by atoms with Gasteiger partial charge in [-0.1, -0.05) is 0 Å². The highest BCUT2D eigenvalue weighted by Crippen LogP contribution is 2.40. The number of hydrogen-bond acceptors (Lipinski definition) is 5. The maximum atomic E-state index is 12.0. The lowest BCUT2D eigenvalue weighted by Crippen LogP contribution is -2.35. The molecule has 0 saturated heterocycles. The number of carbonyl (C=O) groups is 3. The summed E-state index contributed by atoms with van der Waals surface area (Å²) in [6.45, 7) is 4.35. The molecule has 0 radical (unpaired) electrons. The number of phenols is 2. The van der Waals surface area contributed by atoms with Gasteiger partial charge in [0.05, 0.1) is 17.0 Å². The van der Waals surface area contributed by atoms with Crippen molar-refractivity contribution in [3.05, 3.63) is 22.3 Å². The zero-order valence-corrected chi connectivity index (χ0v) is 10.2. The van der Waals surface area contributed by atoms with Crippen LogP contribution in [0.1, 0.15) is 38.8 Å². The molecule has 1 atom stereocenters. The molecule has 1 aliphatic rings. The van der Waals surface area contributed by atoms with Crippen LogP contribution in [0.2, 0.25) is 0 Å². The molecule has 2 N–H and O–H groups in total. The first-order valence-electron chi connectivity index (χ1n) is 5.46. The first-order valence-corrected chi connectivity index (χ1v) is 5.46. The van der Waals surface area contributed by atoms with E-state index in [0.717, 1.165) is 0 Å². The average Bonchev–Trinajstić information content (AvgIpc) is 2.35. The van der Waals surface area contributed by atoms with Crippen LogP contribution in [0.25, 0.3) is 0 Å². The Balaban J connectivity index is 2.94. The Labute approximate surface area is 103 Å². The molecule has 94 valence electrons. The van der Waals surface area contributed by atoms with Gasteiger partial charge < -0.3 is 10.2 Å². The summed E-state index contributed by atoms with van der Waals surface area (Å²) in [5.41, 5.74) is 0.0000945. The van der Waals surface area contributed by atoms with Gasteiger partial charge in [0.15, 0.2) is 5.78 Å². The molecular weight excluding hydrogens is 236 g/mol. The first-order chi connectivity index (χ1) is 8.29. The Kier molecular flexibility index (Phi) is 2.50. The summed E-state index contributed by atoms with van der Waals surface area (Å²) >= 11 is 0. The van der Waals surface area contributed by atoms with E-state index in [0.29, 0.717) is 5.56 Å². The molecule has 1 aliphatic carbocycles. The third-order valence-electron chi connectivity index (χ3n) is 3.48. The van der Waals surface area contributed by atoms with E-state index in [1.54, 1.807) is 0 Å². The predicted molar refractivity (Wildman–Crippen MR) is 62.1 cm³/mol. The normalized spacial score (nSPS) is 19.1. The van der Waals surface area contributed by atoms with Gasteiger partial charge >= 0.3 is 0 Å². The smallest absolute Gasteiger partial charge is 0.233 e. The first kappa shape index (κ1) is 12.3. The Hall–Kier alpha value is -2.17. The number of ketones is 3. The fourth-order valence-corrected chi connectivity index (χ4v) is 2.08. The van der Waals surface area contributed by atoms with Gasteiger partial charge in [-0.3, -0.25) is 14.4 Å². The van der Waals surface area contributed by atoms with E-state index >= 15 is 0 Å². The lowest BCUT2D eigenvalue weighted by atomic mass is 9.79. The van der Waals surface area contributed by atoms with Gasteiger partial charge in [0.2, 0.25) is 11.6 Å². The maximum Gasteiger partial charge on any atom is 0.233 e. The average molecular weight is 248 g/mol. The van der Waals surface area contributed by atoms with Gasteiger partial charge in [-0.2, -0.15) is 0 Å². The summed E-state index contributed by atoms with van der Waals surface area (Å²) in [4.78, 5) is 35.4. The number of fused-ring (bicyclic) bond motifs is 1. The third kappa shape index (κ3) is 1.30. The molecule has 0 aromatic heterocycles. The molecule has 1 unspecified atom stereocenters. The molecule has 0 heterocycles. The predicted octanol–water partition coefficient (Wildman–Crippen LogP) is 1.30. The van der Waals surface area contributed by atoms with E-state index in [-0.39, 0.29) is 22.4 Å². The second-order valence-corrected chi connectivity index (χ2v) is 4.48. The van der Waals surface area contributed by atoms with Crippen molar-refractivity contribution in [1.29, 1.82) is 0 Å². The van der Waals surface area contributed by atoms with Crippen molar-refractivity contribution in [2.24, 2.45) is 5.92 Å². The van der Waals surface area contributed by atoms with Crippen LogP contribution in [0.5, 0.6) is 11.5 Å². The van der Waals surface area contributed by atoms with Crippen LogP contribution in [-0.4, -0.2) is 27.6 Å². The number of Topliss-reactive ketones (excluding diaryl/α,β-unsaturated/α-hetero) is 3. The maximum absolute atomic E-state index is 12.0. The van der Waals surface area contributed by atoms with Gasteiger partial charge in [-0.25, -0.2) is 0 Å². The van der Waals surface area contributed by atoms with Crippen LogP contribution in [0, 0.1) is 19.8 Å². The molecule has 1 aromatic carbocycles. The van der Waals surface area contributed by atoms with Crippen molar-refractivity contribution in [3.8, 4) is 11.5 Å². The Morgan fingerprint density at radius 1 is 0.833 bits per heavy atom. The van der Waals surface area contributed by atoms with Crippen molar-refractivity contribution in [2.45, 2.75) is 20.8 Å². The highest BCUT2D eigenvalue weighted by Gasteiger charge is 2.42. The zero-order chi connectivity index (χ0) is 13.8. The number of benzene rings is 1. The molecule has 0 bridgehead atoms. The summed E-state index contributed by atoms with van der Waals surface area (Å²) in [6, 6.07) is 0. The van der Waals surface area contributed by atoms with Gasteiger partial charge in [0, 0.05) is 0 Å². The molecular formula is C13H12O5. The molecule has 0 spiro atoms. The molecule has 0 amide bonds. The number of phenolic OH excluding ortho intramolecular Hbond substituents is 2. The van der Waals surface area contributed by atoms with Crippen LogP contribution in [-0.2, 0) is 4.79 Å². The summed E-state index contributed by atoms with van der Waals surface area (Å²) < 4.78 is 0. The van der Waals surface area contributed by atoms with Crippen molar-refractivity contribution in [2.75, 3.05) is 0 Å². The van der Waals surface area contributed by atoms with Gasteiger partial charge in [0.25, 0.3) is 0 Å². The van der Waals surface area contributed by atoms with E-state index in [1.165, 1.54) is 20.8 Å². The minimum Gasteiger partial charge on any atom is -0.507 e. The highest BCUT2D eigenvalue weighted by molar-refractivity contribution is 6.52. The van der Waals surface area contributed by atoms with E-state index in [2.05, 4.69) is 0 Å². The van der Waals surface area contributed by atoms with E-state index in [9.17, 15) is 24.6 Å². The molecule has 0 fully saturated rings. The highest BCUT2D eigenvalue weighted by atomic mass is 16.3. The molecule has 18 heavy (non-hydrogen) atoms. The van der Waals surface area contributed by atoms with Crippen LogP contribution in [0.4, 0.5) is 0 Å². The Morgan fingerprint density at radius 3 is 1.78 bits per heavy atom. The monoisotopic (exact) mass is 248 g/mol.